The van der Waals surface area contributed by atoms with Gasteiger partial charge in [0.05, 0.1) is 6.17 Å². The molecule has 3 N–H and O–H groups in total. The number of nitrogens with zero attached hydrogens (tertiary/aromatic N) is 1. The molecule has 3 nitrogen and oxygen atoms in total. The van der Waals surface area contributed by atoms with Gasteiger partial charge < -0.3 is 5.73 Å². The van der Waals surface area contributed by atoms with Gasteiger partial charge in [-0.1, -0.05) is 0 Å². The van der Waals surface area contributed by atoms with Crippen LogP contribution in [0.1, 0.15) is 27.2 Å². The highest BCUT2D eigenvalue weighted by Crippen LogP contribution is 2.14. The van der Waals surface area contributed by atoms with Crippen molar-refractivity contribution in [3.8, 4) is 0 Å². The van der Waals surface area contributed by atoms with Crippen molar-refractivity contribution in [1.29, 1.82) is 0 Å². The van der Waals surface area contributed by atoms with E-state index in [-0.39, 0.29) is 11.7 Å². The van der Waals surface area contributed by atoms with Crippen molar-refractivity contribution >= 4 is 0 Å². The topological polar surface area (TPSA) is 41.3 Å². The highest BCUT2D eigenvalue weighted by atomic mass is 15.6. The maximum Gasteiger partial charge on any atom is 0.0694 e. The lowest BCUT2D eigenvalue weighted by Gasteiger charge is -2.31. The molecule has 1 rings (SSSR count). The van der Waals surface area contributed by atoms with E-state index < -0.39 is 0 Å². The Kier molecular flexibility index (Phi) is 1.99. The molecular weight excluding hydrogens is 126 g/mol. The van der Waals surface area contributed by atoms with Gasteiger partial charge in [-0.15, -0.1) is 0 Å². The summed E-state index contributed by atoms with van der Waals surface area (Å²) in [6, 6.07) is 0. The van der Waals surface area contributed by atoms with E-state index in [1.165, 1.54) is 0 Å². The Bertz CT molecular complexity index is 117. The molecule has 3 heteroatoms. The van der Waals surface area contributed by atoms with Crippen LogP contribution in [0, 0.1) is 0 Å². The van der Waals surface area contributed by atoms with Crippen LogP contribution in [-0.2, 0) is 0 Å². The molecule has 0 aromatic heterocycles. The summed E-state index contributed by atoms with van der Waals surface area (Å²) in [7, 11) is 0. The van der Waals surface area contributed by atoms with E-state index in [1.54, 1.807) is 0 Å². The fourth-order valence-corrected chi connectivity index (χ4v) is 1.13. The first-order valence-electron chi connectivity index (χ1n) is 3.79. The quantitative estimate of drug-likeness (QED) is 0.512. The van der Waals surface area contributed by atoms with Crippen LogP contribution in [0.25, 0.3) is 0 Å². The van der Waals surface area contributed by atoms with Crippen molar-refractivity contribution in [1.82, 2.24) is 10.4 Å². The summed E-state index contributed by atoms with van der Waals surface area (Å²) < 4.78 is 0. The largest absolute Gasteiger partial charge is 0.315 e. The monoisotopic (exact) mass is 143 g/mol. The normalized spacial score (nSPS) is 29.4. The van der Waals surface area contributed by atoms with E-state index in [9.17, 15) is 0 Å². The van der Waals surface area contributed by atoms with Crippen molar-refractivity contribution in [2.24, 2.45) is 5.73 Å². The molecule has 10 heavy (non-hydrogen) atoms. The molecule has 0 spiro atoms. The minimum absolute atomic E-state index is 0.166. The van der Waals surface area contributed by atoms with Crippen LogP contribution in [0.15, 0.2) is 0 Å². The Morgan fingerprint density at radius 1 is 1.50 bits per heavy atom. The van der Waals surface area contributed by atoms with Crippen molar-refractivity contribution in [2.45, 2.75) is 38.9 Å². The number of hydrazine groups is 1. The van der Waals surface area contributed by atoms with Gasteiger partial charge >= 0.3 is 0 Å². The predicted molar refractivity (Wildman–Crippen MR) is 42.2 cm³/mol. The highest BCUT2D eigenvalue weighted by molar-refractivity contribution is 4.79. The molecular formula is C7H17N3. The van der Waals surface area contributed by atoms with Crippen LogP contribution in [0.4, 0.5) is 0 Å². The average molecular weight is 143 g/mol. The summed E-state index contributed by atoms with van der Waals surface area (Å²) in [6.07, 6.45) is 1.22. The molecule has 1 aliphatic rings. The van der Waals surface area contributed by atoms with Crippen LogP contribution >= 0.6 is 0 Å². The van der Waals surface area contributed by atoms with E-state index in [0.717, 1.165) is 13.0 Å². The van der Waals surface area contributed by atoms with E-state index >= 15 is 0 Å². The Labute approximate surface area is 62.5 Å². The lowest BCUT2D eigenvalue weighted by Crippen LogP contribution is -2.49. The van der Waals surface area contributed by atoms with Crippen molar-refractivity contribution in [2.75, 3.05) is 6.54 Å². The van der Waals surface area contributed by atoms with Crippen LogP contribution in [0.2, 0.25) is 0 Å². The van der Waals surface area contributed by atoms with Crippen molar-refractivity contribution < 1.29 is 0 Å². The number of hydrogen-bond acceptors (Lipinski definition) is 3. The first-order chi connectivity index (χ1) is 4.50. The molecule has 1 aliphatic heterocycles. The smallest absolute Gasteiger partial charge is 0.0694 e. The molecule has 1 fully saturated rings. The van der Waals surface area contributed by atoms with Gasteiger partial charge in [0.2, 0.25) is 0 Å². The molecule has 1 saturated heterocycles. The van der Waals surface area contributed by atoms with E-state index in [1.807, 2.05) is 0 Å². The van der Waals surface area contributed by atoms with Gasteiger partial charge in [0.1, 0.15) is 0 Å². The van der Waals surface area contributed by atoms with Crippen LogP contribution in [0.3, 0.4) is 0 Å². The molecule has 1 unspecified atom stereocenters. The van der Waals surface area contributed by atoms with E-state index in [2.05, 4.69) is 31.2 Å². The number of nitrogens with one attached hydrogen (secondary N) is 1. The zero-order valence-electron chi connectivity index (χ0n) is 7.02. The summed E-state index contributed by atoms with van der Waals surface area (Å²) in [5.41, 5.74) is 9.08. The third kappa shape index (κ3) is 1.68. The molecule has 0 aliphatic carbocycles. The SMILES string of the molecule is CC(C)(C)N1CCC(N)N1. The zero-order chi connectivity index (χ0) is 7.78. The lowest BCUT2D eigenvalue weighted by atomic mass is 10.1. The molecule has 0 radical (unpaired) electrons. The predicted octanol–water partition coefficient (Wildman–Crippen LogP) is 0.280. The Balaban J connectivity index is 2.45. The maximum atomic E-state index is 5.67. The molecule has 1 atom stereocenters. The summed E-state index contributed by atoms with van der Waals surface area (Å²) in [6.45, 7) is 7.60. The summed E-state index contributed by atoms with van der Waals surface area (Å²) >= 11 is 0. The van der Waals surface area contributed by atoms with Gasteiger partial charge in [-0.05, 0) is 27.2 Å². The molecule has 0 bridgehead atoms. The molecule has 1 heterocycles. The summed E-state index contributed by atoms with van der Waals surface area (Å²) in [5.74, 6) is 0. The van der Waals surface area contributed by atoms with Gasteiger partial charge in [-0.3, -0.25) is 0 Å². The maximum absolute atomic E-state index is 5.67. The van der Waals surface area contributed by atoms with Gasteiger partial charge in [0.15, 0.2) is 0 Å². The second-order valence-corrected chi connectivity index (χ2v) is 3.85. The molecule has 0 aromatic rings. The first-order valence-corrected chi connectivity index (χ1v) is 3.79. The Hall–Kier alpha value is -0.120. The highest BCUT2D eigenvalue weighted by Gasteiger charge is 2.27. The van der Waals surface area contributed by atoms with Crippen LogP contribution in [0.5, 0.6) is 0 Å². The standard InChI is InChI=1S/C7H17N3/c1-7(2,3)10-5-4-6(8)9-10/h6,9H,4-5,8H2,1-3H3. The lowest BCUT2D eigenvalue weighted by molar-refractivity contribution is 0.106. The fourth-order valence-electron chi connectivity index (χ4n) is 1.13. The van der Waals surface area contributed by atoms with Crippen molar-refractivity contribution in [3.05, 3.63) is 0 Å². The summed E-state index contributed by atoms with van der Waals surface area (Å²) in [5, 5.41) is 2.19. The number of rotatable bonds is 0. The number of hydrogen-bond donors (Lipinski definition) is 2. The second-order valence-electron chi connectivity index (χ2n) is 3.85. The first kappa shape index (κ1) is 7.98. The average Bonchev–Trinajstić information content (AvgIpc) is 2.11. The third-order valence-corrected chi connectivity index (χ3v) is 1.80. The molecule has 0 amide bonds. The van der Waals surface area contributed by atoms with Crippen LogP contribution in [-0.4, -0.2) is 23.3 Å². The second kappa shape index (κ2) is 2.49. The Morgan fingerprint density at radius 3 is 2.30 bits per heavy atom. The van der Waals surface area contributed by atoms with E-state index in [0.29, 0.717) is 0 Å². The molecule has 0 aromatic carbocycles. The Morgan fingerprint density at radius 2 is 2.10 bits per heavy atom. The van der Waals surface area contributed by atoms with Crippen LogP contribution < -0.4 is 11.2 Å². The zero-order valence-corrected chi connectivity index (χ0v) is 7.02. The minimum Gasteiger partial charge on any atom is -0.315 e. The van der Waals surface area contributed by atoms with E-state index in [4.69, 9.17) is 5.73 Å². The van der Waals surface area contributed by atoms with Crippen molar-refractivity contribution in [3.63, 3.8) is 0 Å². The summed E-state index contributed by atoms with van der Waals surface area (Å²) in [4.78, 5) is 0. The number of nitrogens with two attached hydrogens (primary N) is 1. The van der Waals surface area contributed by atoms with Gasteiger partial charge in [0, 0.05) is 12.1 Å². The van der Waals surface area contributed by atoms with Gasteiger partial charge in [-0.25, -0.2) is 10.4 Å². The van der Waals surface area contributed by atoms with Gasteiger partial charge in [-0.2, -0.15) is 0 Å². The van der Waals surface area contributed by atoms with Gasteiger partial charge in [0.25, 0.3) is 0 Å². The third-order valence-electron chi connectivity index (χ3n) is 1.80. The molecule has 60 valence electrons. The molecule has 0 saturated carbocycles. The minimum atomic E-state index is 0.166. The fraction of sp³-hybridized carbons (Fsp3) is 1.00.